The number of hydrogen-bond donors (Lipinski definition) is 1. The van der Waals surface area contributed by atoms with Crippen LogP contribution in [0.5, 0.6) is 0 Å². The zero-order valence-electron chi connectivity index (χ0n) is 9.58. The van der Waals surface area contributed by atoms with E-state index in [4.69, 9.17) is 0 Å². The van der Waals surface area contributed by atoms with Gasteiger partial charge in [0.25, 0.3) is 0 Å². The molecule has 2 amide bonds. The van der Waals surface area contributed by atoms with Crippen LogP contribution in [-0.4, -0.2) is 36.3 Å². The van der Waals surface area contributed by atoms with Crippen LogP contribution in [0.15, 0.2) is 0 Å². The van der Waals surface area contributed by atoms with E-state index in [-0.39, 0.29) is 11.8 Å². The van der Waals surface area contributed by atoms with Crippen molar-refractivity contribution in [1.29, 1.82) is 0 Å². The lowest BCUT2D eigenvalue weighted by atomic mass is 10.1. The van der Waals surface area contributed by atoms with Crippen molar-refractivity contribution in [3.8, 4) is 0 Å². The van der Waals surface area contributed by atoms with Gasteiger partial charge in [0.15, 0.2) is 0 Å². The molecule has 0 aromatic heterocycles. The zero-order valence-corrected chi connectivity index (χ0v) is 9.58. The van der Waals surface area contributed by atoms with Gasteiger partial charge in [-0.2, -0.15) is 0 Å². The topological polar surface area (TPSA) is 49.4 Å². The van der Waals surface area contributed by atoms with Crippen molar-refractivity contribution < 1.29 is 9.59 Å². The molecule has 15 heavy (non-hydrogen) atoms. The summed E-state index contributed by atoms with van der Waals surface area (Å²) in [6.45, 7) is 6.12. The first-order chi connectivity index (χ1) is 7.09. The van der Waals surface area contributed by atoms with Crippen LogP contribution in [-0.2, 0) is 9.59 Å². The maximum Gasteiger partial charge on any atom is 0.222 e. The van der Waals surface area contributed by atoms with Crippen molar-refractivity contribution in [2.24, 2.45) is 5.92 Å². The molecule has 1 N–H and O–H groups in total. The van der Waals surface area contributed by atoms with E-state index < -0.39 is 0 Å². The van der Waals surface area contributed by atoms with Gasteiger partial charge < -0.3 is 10.2 Å². The molecule has 0 radical (unpaired) electrons. The molecule has 1 heterocycles. The minimum atomic E-state index is 0.0802. The number of hydrogen-bond acceptors (Lipinski definition) is 2. The third kappa shape index (κ3) is 4.32. The summed E-state index contributed by atoms with van der Waals surface area (Å²) in [6, 6.07) is 0. The van der Waals surface area contributed by atoms with Gasteiger partial charge in [-0.3, -0.25) is 9.59 Å². The fourth-order valence-electron chi connectivity index (χ4n) is 1.71. The van der Waals surface area contributed by atoms with Crippen molar-refractivity contribution in [2.45, 2.75) is 33.1 Å². The molecule has 4 nitrogen and oxygen atoms in total. The van der Waals surface area contributed by atoms with Crippen LogP contribution >= 0.6 is 0 Å². The Morgan fingerprint density at radius 1 is 1.53 bits per heavy atom. The van der Waals surface area contributed by atoms with E-state index in [1.807, 2.05) is 18.7 Å². The first kappa shape index (κ1) is 12.0. The van der Waals surface area contributed by atoms with Gasteiger partial charge in [0, 0.05) is 32.5 Å². The van der Waals surface area contributed by atoms with Crippen LogP contribution in [0.2, 0.25) is 0 Å². The number of likely N-dealkylation sites (tertiary alicyclic amines) is 1. The van der Waals surface area contributed by atoms with E-state index in [9.17, 15) is 9.59 Å². The van der Waals surface area contributed by atoms with Crippen molar-refractivity contribution in [2.75, 3.05) is 19.6 Å². The fraction of sp³-hybridized carbons (Fsp3) is 0.818. The largest absolute Gasteiger partial charge is 0.354 e. The second-order valence-corrected chi connectivity index (χ2v) is 4.43. The van der Waals surface area contributed by atoms with E-state index in [0.29, 0.717) is 31.8 Å². The molecule has 0 unspecified atom stereocenters. The first-order valence-corrected chi connectivity index (χ1v) is 5.64. The highest BCUT2D eigenvalue weighted by atomic mass is 16.2. The van der Waals surface area contributed by atoms with Crippen LogP contribution in [0, 0.1) is 5.92 Å². The fourth-order valence-corrected chi connectivity index (χ4v) is 1.71. The molecule has 4 heteroatoms. The molecule has 86 valence electrons. The number of carbonyl (C=O) groups excluding carboxylic acids is 2. The van der Waals surface area contributed by atoms with Crippen molar-refractivity contribution in [3.63, 3.8) is 0 Å². The van der Waals surface area contributed by atoms with Gasteiger partial charge in [-0.1, -0.05) is 13.8 Å². The number of amides is 2. The second-order valence-electron chi connectivity index (χ2n) is 4.43. The first-order valence-electron chi connectivity index (χ1n) is 5.64. The molecular formula is C11H20N2O2. The summed E-state index contributed by atoms with van der Waals surface area (Å²) in [6.07, 6.45) is 2.19. The normalized spacial score (nSPS) is 16.2. The monoisotopic (exact) mass is 212 g/mol. The third-order valence-corrected chi connectivity index (χ3v) is 2.47. The minimum Gasteiger partial charge on any atom is -0.354 e. The van der Waals surface area contributed by atoms with Crippen LogP contribution in [0.1, 0.15) is 33.1 Å². The lowest BCUT2D eigenvalue weighted by molar-refractivity contribution is -0.128. The Morgan fingerprint density at radius 3 is 2.80 bits per heavy atom. The summed E-state index contributed by atoms with van der Waals surface area (Å²) in [5, 5.41) is 2.83. The lowest BCUT2D eigenvalue weighted by Crippen LogP contribution is -2.35. The Hall–Kier alpha value is -1.06. The highest BCUT2D eigenvalue weighted by Crippen LogP contribution is 2.08. The zero-order chi connectivity index (χ0) is 11.3. The van der Waals surface area contributed by atoms with Crippen molar-refractivity contribution in [1.82, 2.24) is 10.2 Å². The molecule has 1 aliphatic rings. The Labute approximate surface area is 91.0 Å². The maximum atomic E-state index is 11.3. The molecule has 1 fully saturated rings. The number of nitrogens with zero attached hydrogens (tertiary/aromatic N) is 1. The Balaban J connectivity index is 2.10. The second kappa shape index (κ2) is 5.73. The molecule has 0 bridgehead atoms. The summed E-state index contributed by atoms with van der Waals surface area (Å²) in [7, 11) is 0. The summed E-state index contributed by atoms with van der Waals surface area (Å²) in [5.41, 5.74) is 0. The molecule has 0 saturated carbocycles. The van der Waals surface area contributed by atoms with Crippen molar-refractivity contribution in [3.05, 3.63) is 0 Å². The van der Waals surface area contributed by atoms with Crippen LogP contribution in [0.4, 0.5) is 0 Å². The van der Waals surface area contributed by atoms with Crippen LogP contribution < -0.4 is 5.32 Å². The van der Waals surface area contributed by atoms with Crippen molar-refractivity contribution >= 4 is 11.8 Å². The molecule has 0 spiro atoms. The van der Waals surface area contributed by atoms with E-state index in [2.05, 4.69) is 5.32 Å². The summed E-state index contributed by atoms with van der Waals surface area (Å²) in [5.74, 6) is 0.683. The van der Waals surface area contributed by atoms with E-state index >= 15 is 0 Å². The molecule has 0 aromatic carbocycles. The maximum absolute atomic E-state index is 11.3. The van der Waals surface area contributed by atoms with E-state index in [0.717, 1.165) is 13.0 Å². The molecule has 0 aliphatic carbocycles. The molecular weight excluding hydrogens is 192 g/mol. The average molecular weight is 212 g/mol. The molecule has 1 aliphatic heterocycles. The Morgan fingerprint density at radius 2 is 2.27 bits per heavy atom. The quantitative estimate of drug-likeness (QED) is 0.732. The third-order valence-electron chi connectivity index (χ3n) is 2.47. The number of nitrogens with one attached hydrogen (secondary N) is 1. The highest BCUT2D eigenvalue weighted by Gasteiger charge is 2.19. The Bertz CT molecular complexity index is 239. The van der Waals surface area contributed by atoms with Crippen LogP contribution in [0.3, 0.4) is 0 Å². The molecule has 1 saturated heterocycles. The highest BCUT2D eigenvalue weighted by molar-refractivity contribution is 5.78. The smallest absolute Gasteiger partial charge is 0.222 e. The number of carbonyl (C=O) groups is 2. The summed E-state index contributed by atoms with van der Waals surface area (Å²) in [4.78, 5) is 24.4. The van der Waals surface area contributed by atoms with Gasteiger partial charge in [-0.05, 0) is 12.3 Å². The van der Waals surface area contributed by atoms with Gasteiger partial charge in [0.2, 0.25) is 11.8 Å². The molecule has 0 aromatic rings. The summed E-state index contributed by atoms with van der Waals surface area (Å²) < 4.78 is 0. The van der Waals surface area contributed by atoms with E-state index in [1.165, 1.54) is 0 Å². The minimum absolute atomic E-state index is 0.0802. The Kier molecular flexibility index (Phi) is 4.59. The SMILES string of the molecule is CC(C)CC(=O)NCCN1CCCC1=O. The molecule has 1 rings (SSSR count). The van der Waals surface area contributed by atoms with Gasteiger partial charge >= 0.3 is 0 Å². The van der Waals surface area contributed by atoms with Gasteiger partial charge in [-0.15, -0.1) is 0 Å². The van der Waals surface area contributed by atoms with Crippen LogP contribution in [0.25, 0.3) is 0 Å². The van der Waals surface area contributed by atoms with Gasteiger partial charge in [-0.25, -0.2) is 0 Å². The number of rotatable bonds is 5. The van der Waals surface area contributed by atoms with Gasteiger partial charge in [0.1, 0.15) is 0 Å². The average Bonchev–Trinajstić information content (AvgIpc) is 2.50. The van der Waals surface area contributed by atoms with E-state index in [1.54, 1.807) is 0 Å². The predicted octanol–water partition coefficient (Wildman–Crippen LogP) is 0.771. The molecule has 0 atom stereocenters. The lowest BCUT2D eigenvalue weighted by Gasteiger charge is -2.15. The van der Waals surface area contributed by atoms with Gasteiger partial charge in [0.05, 0.1) is 0 Å². The standard InChI is InChI=1S/C11H20N2O2/c1-9(2)8-10(14)12-5-7-13-6-3-4-11(13)15/h9H,3-8H2,1-2H3,(H,12,14). The summed E-state index contributed by atoms with van der Waals surface area (Å²) >= 11 is 0. The predicted molar refractivity (Wildman–Crippen MR) is 58.3 cm³/mol.